The van der Waals surface area contributed by atoms with E-state index in [4.69, 9.17) is 9.73 Å². The van der Waals surface area contributed by atoms with Gasteiger partial charge in [0.1, 0.15) is 17.3 Å². The number of aliphatic imine (C=N–C) groups is 1. The van der Waals surface area contributed by atoms with E-state index < -0.39 is 0 Å². The molecule has 1 amide bonds. The molecule has 1 saturated heterocycles. The van der Waals surface area contributed by atoms with Crippen molar-refractivity contribution in [2.45, 2.75) is 18.4 Å². The number of thioether (sulfide) groups is 2. The molecule has 2 aliphatic rings. The number of nitrogens with zero attached hydrogens (tertiary/aromatic N) is 5. The number of likely N-dealkylation sites (N-methyl/N-ethyl adjacent to an activating group) is 1. The Bertz CT molecular complexity index is 1550. The van der Waals surface area contributed by atoms with E-state index in [9.17, 15) is 10.1 Å². The van der Waals surface area contributed by atoms with E-state index >= 15 is 0 Å². The summed E-state index contributed by atoms with van der Waals surface area (Å²) in [6.07, 6.45) is 0. The van der Waals surface area contributed by atoms with E-state index in [0.29, 0.717) is 41.0 Å². The highest BCUT2D eigenvalue weighted by Crippen LogP contribution is 2.51. The number of fused-ring (bicyclic) bond motifs is 1. The maximum absolute atomic E-state index is 14.0. The second kappa shape index (κ2) is 12.7. The molecular formula is C31H32N6O2S2. The number of anilines is 2. The van der Waals surface area contributed by atoms with Crippen LogP contribution in [-0.4, -0.2) is 61.7 Å². The molecule has 5 rings (SSSR count). The topological polar surface area (TPSA) is 84.2 Å². The fraction of sp³-hybridized carbons (Fsp3) is 0.258. The third-order valence-corrected chi connectivity index (χ3v) is 8.99. The molecule has 2 aliphatic heterocycles. The van der Waals surface area contributed by atoms with Crippen LogP contribution in [0.1, 0.15) is 18.1 Å². The number of hydrogen-bond acceptors (Lipinski definition) is 9. The van der Waals surface area contributed by atoms with Gasteiger partial charge < -0.3 is 19.9 Å². The SMILES string of the molecule is CCNc1ccc(C#N)cc1N=C1S/C(=C2\Sc3ccc(OCCN(C)C)cc3N2C)C(=O)N1Cc1ccccc1. The van der Waals surface area contributed by atoms with Crippen LogP contribution in [-0.2, 0) is 11.3 Å². The van der Waals surface area contributed by atoms with Crippen LogP contribution < -0.4 is 15.0 Å². The highest BCUT2D eigenvalue weighted by Gasteiger charge is 2.39. The first-order valence-electron chi connectivity index (χ1n) is 13.4. The van der Waals surface area contributed by atoms with Gasteiger partial charge in [-0.2, -0.15) is 5.26 Å². The van der Waals surface area contributed by atoms with Crippen molar-refractivity contribution in [1.82, 2.24) is 9.80 Å². The molecule has 8 nitrogen and oxygen atoms in total. The van der Waals surface area contributed by atoms with Gasteiger partial charge in [-0.25, -0.2) is 4.99 Å². The van der Waals surface area contributed by atoms with E-state index in [-0.39, 0.29) is 5.91 Å². The van der Waals surface area contributed by atoms with Gasteiger partial charge in [0.2, 0.25) is 0 Å². The molecule has 0 bridgehead atoms. The lowest BCUT2D eigenvalue weighted by Gasteiger charge is -2.17. The van der Waals surface area contributed by atoms with Crippen LogP contribution in [0.2, 0.25) is 0 Å². The third-order valence-electron chi connectivity index (χ3n) is 6.56. The maximum Gasteiger partial charge on any atom is 0.269 e. The first-order valence-corrected chi connectivity index (χ1v) is 15.0. The Labute approximate surface area is 249 Å². The lowest BCUT2D eigenvalue weighted by atomic mass is 10.2. The van der Waals surface area contributed by atoms with Crippen molar-refractivity contribution in [2.75, 3.05) is 51.1 Å². The number of benzene rings is 3. The van der Waals surface area contributed by atoms with Gasteiger partial charge in [0, 0.05) is 31.1 Å². The Morgan fingerprint density at radius 3 is 2.61 bits per heavy atom. The minimum atomic E-state index is -0.0938. The molecule has 3 aromatic carbocycles. The molecule has 0 aromatic heterocycles. The van der Waals surface area contributed by atoms with Crippen molar-refractivity contribution in [3.05, 3.63) is 87.8 Å². The summed E-state index contributed by atoms with van der Waals surface area (Å²) in [5.41, 5.74) is 3.96. The quantitative estimate of drug-likeness (QED) is 0.302. The van der Waals surface area contributed by atoms with Gasteiger partial charge in [0.25, 0.3) is 5.91 Å². The first kappa shape index (κ1) is 28.6. The average molecular weight is 585 g/mol. The van der Waals surface area contributed by atoms with Gasteiger partial charge in [-0.1, -0.05) is 42.1 Å². The number of hydrogen-bond donors (Lipinski definition) is 1. The Kier molecular flexibility index (Phi) is 8.88. The van der Waals surface area contributed by atoms with E-state index in [2.05, 4.69) is 21.2 Å². The highest BCUT2D eigenvalue weighted by atomic mass is 32.2. The lowest BCUT2D eigenvalue weighted by molar-refractivity contribution is -0.122. The van der Waals surface area contributed by atoms with Crippen LogP contribution in [0.4, 0.5) is 17.1 Å². The van der Waals surface area contributed by atoms with Crippen molar-refractivity contribution in [3.8, 4) is 11.8 Å². The van der Waals surface area contributed by atoms with Crippen molar-refractivity contribution in [3.63, 3.8) is 0 Å². The largest absolute Gasteiger partial charge is 0.492 e. The fourth-order valence-corrected chi connectivity index (χ4v) is 6.74. The fourth-order valence-electron chi connectivity index (χ4n) is 4.42. The second-order valence-electron chi connectivity index (χ2n) is 9.82. The van der Waals surface area contributed by atoms with E-state index in [0.717, 1.165) is 39.2 Å². The number of carbonyl (C=O) groups excluding carboxylic acids is 1. The number of nitrogens with one attached hydrogen (secondary N) is 1. The monoisotopic (exact) mass is 584 g/mol. The molecule has 1 fully saturated rings. The van der Waals surface area contributed by atoms with Crippen molar-refractivity contribution >= 4 is 51.7 Å². The Morgan fingerprint density at radius 1 is 1.07 bits per heavy atom. The minimum Gasteiger partial charge on any atom is -0.492 e. The minimum absolute atomic E-state index is 0.0938. The molecule has 0 unspecified atom stereocenters. The molecule has 0 aliphatic carbocycles. The smallest absolute Gasteiger partial charge is 0.269 e. The number of amides is 1. The lowest BCUT2D eigenvalue weighted by Crippen LogP contribution is -2.29. The molecule has 10 heteroatoms. The predicted molar refractivity (Wildman–Crippen MR) is 169 cm³/mol. The van der Waals surface area contributed by atoms with Gasteiger partial charge in [-0.05, 0) is 68.7 Å². The highest BCUT2D eigenvalue weighted by molar-refractivity contribution is 8.19. The van der Waals surface area contributed by atoms with Gasteiger partial charge in [-0.3, -0.25) is 9.69 Å². The predicted octanol–water partition coefficient (Wildman–Crippen LogP) is 6.10. The van der Waals surface area contributed by atoms with E-state index in [1.165, 1.54) is 11.8 Å². The summed E-state index contributed by atoms with van der Waals surface area (Å²) in [4.78, 5) is 26.5. The average Bonchev–Trinajstić information content (AvgIpc) is 3.45. The summed E-state index contributed by atoms with van der Waals surface area (Å²) in [6.45, 7) is 4.54. The number of nitriles is 1. The Morgan fingerprint density at radius 2 is 1.88 bits per heavy atom. The zero-order valence-corrected chi connectivity index (χ0v) is 25.2. The van der Waals surface area contributed by atoms with Crippen LogP contribution in [0, 0.1) is 11.3 Å². The summed E-state index contributed by atoms with van der Waals surface area (Å²) in [6, 6.07) is 23.5. The van der Waals surface area contributed by atoms with Crippen molar-refractivity contribution < 1.29 is 9.53 Å². The van der Waals surface area contributed by atoms with E-state index in [1.54, 1.807) is 28.8 Å². The van der Waals surface area contributed by atoms with Crippen LogP contribution in [0.3, 0.4) is 0 Å². The first-order chi connectivity index (χ1) is 19.9. The van der Waals surface area contributed by atoms with Gasteiger partial charge >= 0.3 is 0 Å². The van der Waals surface area contributed by atoms with Gasteiger partial charge in [-0.15, -0.1) is 0 Å². The molecule has 41 heavy (non-hydrogen) atoms. The molecule has 2 heterocycles. The molecule has 0 saturated carbocycles. The van der Waals surface area contributed by atoms with Crippen LogP contribution in [0.25, 0.3) is 0 Å². The Balaban J connectivity index is 1.51. The molecule has 0 atom stereocenters. The second-order valence-corrected chi connectivity index (χ2v) is 11.8. The normalized spacial score (nSPS) is 17.4. The van der Waals surface area contributed by atoms with Crippen LogP contribution in [0.5, 0.6) is 5.75 Å². The summed E-state index contributed by atoms with van der Waals surface area (Å²) < 4.78 is 5.97. The summed E-state index contributed by atoms with van der Waals surface area (Å²) in [7, 11) is 6.02. The van der Waals surface area contributed by atoms with Crippen LogP contribution in [0.15, 0.2) is 86.6 Å². The number of carbonyl (C=O) groups is 1. The molecular weight excluding hydrogens is 553 g/mol. The molecule has 210 valence electrons. The number of ether oxygens (including phenoxy) is 1. The molecule has 3 aromatic rings. The van der Waals surface area contributed by atoms with Crippen LogP contribution >= 0.6 is 23.5 Å². The van der Waals surface area contributed by atoms with E-state index in [1.807, 2.05) is 82.7 Å². The number of rotatable bonds is 9. The van der Waals surface area contributed by atoms with Crippen molar-refractivity contribution in [2.24, 2.45) is 4.99 Å². The summed E-state index contributed by atoms with van der Waals surface area (Å²) in [5, 5.41) is 14.3. The third kappa shape index (κ3) is 6.38. The molecule has 1 N–H and O–H groups in total. The summed E-state index contributed by atoms with van der Waals surface area (Å²) >= 11 is 2.95. The van der Waals surface area contributed by atoms with Crippen molar-refractivity contribution in [1.29, 1.82) is 5.26 Å². The summed E-state index contributed by atoms with van der Waals surface area (Å²) in [5.74, 6) is 0.708. The Hall–Kier alpha value is -3.91. The maximum atomic E-state index is 14.0. The van der Waals surface area contributed by atoms with Gasteiger partial charge in [0.05, 0.1) is 40.3 Å². The van der Waals surface area contributed by atoms with Gasteiger partial charge in [0.15, 0.2) is 5.17 Å². The molecule has 0 spiro atoms. The zero-order chi connectivity index (χ0) is 28.9. The standard InChI is InChI=1S/C31H32N6O2S2/c1-5-33-24-13-11-22(19-32)17-25(24)34-31-37(20-21-9-7-6-8-10-21)29(38)28(41-31)30-36(4)26-18-23(12-14-27(26)40-30)39-16-15-35(2)3/h6-14,17-18,33H,5,15-16,20H2,1-4H3/b30-28-,34-31?. The zero-order valence-electron chi connectivity index (χ0n) is 23.5. The molecule has 0 radical (unpaired) electrons. The number of amidine groups is 1.